The van der Waals surface area contributed by atoms with Crippen LogP contribution in [-0.4, -0.2) is 33.4 Å². The van der Waals surface area contributed by atoms with Gasteiger partial charge in [0.1, 0.15) is 6.54 Å². The predicted octanol–water partition coefficient (Wildman–Crippen LogP) is 0.0343. The number of aliphatic carboxylic acids is 1. The molecule has 0 fully saturated rings. The fraction of sp³-hybridized carbons (Fsp3) is 0.375. The molecule has 0 spiro atoms. The Labute approximate surface area is 98.1 Å². The highest BCUT2D eigenvalue weighted by Crippen LogP contribution is 2.27. The van der Waals surface area contributed by atoms with Crippen LogP contribution in [0.4, 0.5) is 13.2 Å². The zero-order valence-corrected chi connectivity index (χ0v) is 8.77. The number of hydroxylamine groups is 1. The maximum absolute atomic E-state index is 12.2. The molecule has 7 nitrogen and oxygen atoms in total. The number of alkyl halides is 3. The quantitative estimate of drug-likeness (QED) is 0.734. The summed E-state index contributed by atoms with van der Waals surface area (Å²) in [6.07, 6.45) is -3.61. The SMILES string of the molecule is O=C(O)CONC(=O)Cn1ccc(C(F)(F)F)n1. The molecule has 1 amide bonds. The molecule has 0 saturated heterocycles. The molecule has 0 unspecified atom stereocenters. The standard InChI is InChI=1S/C8H8F3N3O4/c9-8(10,11)5-1-2-14(12-5)3-6(15)13-18-4-7(16)17/h1-2H,3-4H2,(H,13,15)(H,16,17). The van der Waals surface area contributed by atoms with Crippen molar-refractivity contribution in [2.24, 2.45) is 0 Å². The molecule has 10 heteroatoms. The van der Waals surface area contributed by atoms with Crippen LogP contribution in [-0.2, 0) is 27.1 Å². The fourth-order valence-corrected chi connectivity index (χ4v) is 0.959. The van der Waals surface area contributed by atoms with E-state index in [-0.39, 0.29) is 0 Å². The van der Waals surface area contributed by atoms with Gasteiger partial charge in [0.25, 0.3) is 5.91 Å². The third kappa shape index (κ3) is 4.41. The number of amides is 1. The summed E-state index contributed by atoms with van der Waals surface area (Å²) >= 11 is 0. The third-order valence-corrected chi connectivity index (χ3v) is 1.62. The van der Waals surface area contributed by atoms with Crippen molar-refractivity contribution in [3.05, 3.63) is 18.0 Å². The largest absolute Gasteiger partial charge is 0.479 e. The van der Waals surface area contributed by atoms with Crippen LogP contribution in [0.1, 0.15) is 5.69 Å². The van der Waals surface area contributed by atoms with Gasteiger partial charge in [0.15, 0.2) is 12.3 Å². The second-order valence-corrected chi connectivity index (χ2v) is 3.10. The van der Waals surface area contributed by atoms with E-state index in [1.165, 1.54) is 0 Å². The van der Waals surface area contributed by atoms with Crippen LogP contribution in [0, 0.1) is 0 Å². The van der Waals surface area contributed by atoms with Gasteiger partial charge in [-0.3, -0.25) is 14.3 Å². The molecule has 1 aromatic rings. The number of nitrogens with zero attached hydrogens (tertiary/aromatic N) is 2. The average Bonchev–Trinajstić information content (AvgIpc) is 2.64. The molecule has 1 rings (SSSR count). The molecule has 100 valence electrons. The van der Waals surface area contributed by atoms with E-state index in [4.69, 9.17) is 5.11 Å². The minimum Gasteiger partial charge on any atom is -0.479 e. The van der Waals surface area contributed by atoms with Crippen LogP contribution in [0.15, 0.2) is 12.3 Å². The first-order chi connectivity index (χ1) is 8.29. The van der Waals surface area contributed by atoms with Crippen LogP contribution < -0.4 is 5.48 Å². The second-order valence-electron chi connectivity index (χ2n) is 3.10. The summed E-state index contributed by atoms with van der Waals surface area (Å²) in [5.41, 5.74) is 0.625. The highest BCUT2D eigenvalue weighted by Gasteiger charge is 2.33. The smallest absolute Gasteiger partial charge is 0.435 e. The van der Waals surface area contributed by atoms with Crippen molar-refractivity contribution in [3.63, 3.8) is 0 Å². The number of nitrogens with one attached hydrogen (secondary N) is 1. The summed E-state index contributed by atoms with van der Waals surface area (Å²) in [4.78, 5) is 25.4. The normalized spacial score (nSPS) is 11.3. The van der Waals surface area contributed by atoms with Crippen molar-refractivity contribution in [3.8, 4) is 0 Å². The van der Waals surface area contributed by atoms with Crippen molar-refractivity contribution in [1.82, 2.24) is 15.3 Å². The summed E-state index contributed by atoms with van der Waals surface area (Å²) in [7, 11) is 0. The molecule has 0 bridgehead atoms. The van der Waals surface area contributed by atoms with E-state index in [0.717, 1.165) is 10.9 Å². The zero-order chi connectivity index (χ0) is 13.8. The first-order valence-electron chi connectivity index (χ1n) is 4.52. The molecule has 0 atom stereocenters. The molecule has 0 aromatic carbocycles. The molecule has 0 saturated carbocycles. The minimum atomic E-state index is -4.58. The van der Waals surface area contributed by atoms with Crippen molar-refractivity contribution in [1.29, 1.82) is 0 Å². The van der Waals surface area contributed by atoms with Gasteiger partial charge in [-0.1, -0.05) is 0 Å². The van der Waals surface area contributed by atoms with Gasteiger partial charge >= 0.3 is 12.1 Å². The van der Waals surface area contributed by atoms with Crippen molar-refractivity contribution in [2.75, 3.05) is 6.61 Å². The molecule has 0 aliphatic carbocycles. The van der Waals surface area contributed by atoms with Crippen LogP contribution in [0.2, 0.25) is 0 Å². The minimum absolute atomic E-state index is 0.518. The lowest BCUT2D eigenvalue weighted by molar-refractivity contribution is -0.150. The lowest BCUT2D eigenvalue weighted by atomic mass is 10.4. The zero-order valence-electron chi connectivity index (χ0n) is 8.77. The average molecular weight is 267 g/mol. The van der Waals surface area contributed by atoms with E-state index in [1.807, 2.05) is 0 Å². The Balaban J connectivity index is 2.45. The van der Waals surface area contributed by atoms with Crippen molar-refractivity contribution >= 4 is 11.9 Å². The summed E-state index contributed by atoms with van der Waals surface area (Å²) in [6.45, 7) is -1.27. The molecular weight excluding hydrogens is 259 g/mol. The molecule has 0 aliphatic rings. The Kier molecular flexibility index (Phi) is 4.26. The molecule has 2 N–H and O–H groups in total. The Hall–Kier alpha value is -2.10. The molecule has 0 aliphatic heterocycles. The molecule has 1 aromatic heterocycles. The molecular formula is C8H8F3N3O4. The first kappa shape index (κ1) is 14.0. The van der Waals surface area contributed by atoms with Gasteiger partial charge in [0, 0.05) is 6.20 Å². The Morgan fingerprint density at radius 3 is 2.67 bits per heavy atom. The molecule has 1 heterocycles. The van der Waals surface area contributed by atoms with E-state index in [9.17, 15) is 22.8 Å². The molecule has 0 radical (unpaired) electrons. The summed E-state index contributed by atoms with van der Waals surface area (Å²) in [5, 5.41) is 11.3. The number of carbonyl (C=O) groups is 2. The van der Waals surface area contributed by atoms with Crippen molar-refractivity contribution in [2.45, 2.75) is 12.7 Å². The number of carbonyl (C=O) groups excluding carboxylic acids is 1. The van der Waals surface area contributed by atoms with E-state index in [0.29, 0.717) is 6.07 Å². The Morgan fingerprint density at radius 2 is 2.17 bits per heavy atom. The number of halogens is 3. The van der Waals surface area contributed by atoms with E-state index < -0.39 is 36.9 Å². The number of rotatable bonds is 5. The van der Waals surface area contributed by atoms with Gasteiger partial charge in [-0.15, -0.1) is 0 Å². The molecule has 18 heavy (non-hydrogen) atoms. The van der Waals surface area contributed by atoms with Crippen LogP contribution in [0.5, 0.6) is 0 Å². The Morgan fingerprint density at radius 1 is 1.50 bits per heavy atom. The van der Waals surface area contributed by atoms with Gasteiger partial charge in [-0.2, -0.15) is 18.3 Å². The summed E-state index contributed by atoms with van der Waals surface area (Å²) < 4.78 is 37.2. The predicted molar refractivity (Wildman–Crippen MR) is 49.0 cm³/mol. The van der Waals surface area contributed by atoms with Gasteiger partial charge in [0.2, 0.25) is 0 Å². The maximum atomic E-state index is 12.2. The van der Waals surface area contributed by atoms with Gasteiger partial charge in [0.05, 0.1) is 0 Å². The number of carboxylic acids is 1. The lowest BCUT2D eigenvalue weighted by Gasteiger charge is -2.04. The number of carboxylic acid groups (broad SMARTS) is 1. The van der Waals surface area contributed by atoms with Crippen molar-refractivity contribution < 1.29 is 32.7 Å². The van der Waals surface area contributed by atoms with Crippen LogP contribution >= 0.6 is 0 Å². The summed E-state index contributed by atoms with van der Waals surface area (Å²) in [5.74, 6) is -2.12. The van der Waals surface area contributed by atoms with E-state index >= 15 is 0 Å². The number of hydrogen-bond acceptors (Lipinski definition) is 4. The van der Waals surface area contributed by atoms with E-state index in [1.54, 1.807) is 5.48 Å². The van der Waals surface area contributed by atoms with Gasteiger partial charge in [-0.05, 0) is 6.07 Å². The number of aromatic nitrogens is 2. The first-order valence-corrected chi connectivity index (χ1v) is 4.52. The van der Waals surface area contributed by atoms with Gasteiger partial charge in [-0.25, -0.2) is 10.3 Å². The lowest BCUT2D eigenvalue weighted by Crippen LogP contribution is -2.30. The monoisotopic (exact) mass is 267 g/mol. The summed E-state index contributed by atoms with van der Waals surface area (Å²) in [6, 6.07) is 0.714. The maximum Gasteiger partial charge on any atom is 0.435 e. The topological polar surface area (TPSA) is 93.5 Å². The van der Waals surface area contributed by atoms with E-state index in [2.05, 4.69) is 9.94 Å². The van der Waals surface area contributed by atoms with Crippen LogP contribution in [0.3, 0.4) is 0 Å². The fourth-order valence-electron chi connectivity index (χ4n) is 0.959. The third-order valence-electron chi connectivity index (χ3n) is 1.62. The highest BCUT2D eigenvalue weighted by atomic mass is 19.4. The second kappa shape index (κ2) is 5.49. The highest BCUT2D eigenvalue weighted by molar-refractivity contribution is 5.75. The number of hydrogen-bond donors (Lipinski definition) is 2. The van der Waals surface area contributed by atoms with Gasteiger partial charge < -0.3 is 5.11 Å². The Bertz CT molecular complexity index is 443. The van der Waals surface area contributed by atoms with Crippen LogP contribution in [0.25, 0.3) is 0 Å².